The van der Waals surface area contributed by atoms with E-state index in [1.165, 1.54) is 11.5 Å². The molecule has 2 rings (SSSR count). The molecule has 0 aliphatic rings. The number of rotatable bonds is 0. The second-order valence-electron chi connectivity index (χ2n) is 1.58. The molecule has 0 unspecified atom stereocenters. The lowest BCUT2D eigenvalue weighted by atomic mass is 10.8. The summed E-state index contributed by atoms with van der Waals surface area (Å²) in [5.41, 5.74) is 0. The highest BCUT2D eigenvalue weighted by Gasteiger charge is 1.60. The molecule has 0 aliphatic carbocycles. The first-order valence-corrected chi connectivity index (χ1v) is 3.88. The smallest absolute Gasteiger partial charge is 0.0451 e. The molecule has 0 saturated heterocycles. The van der Waals surface area contributed by atoms with Crippen LogP contribution in [-0.2, 0) is 0 Å². The van der Waals surface area contributed by atoms with Gasteiger partial charge in [0.05, 0.1) is 0 Å². The van der Waals surface area contributed by atoms with E-state index >= 15 is 0 Å². The summed E-state index contributed by atoms with van der Waals surface area (Å²) in [6.07, 6.45) is 8.32. The lowest BCUT2D eigenvalue weighted by Crippen LogP contribution is -1.66. The summed E-state index contributed by atoms with van der Waals surface area (Å²) in [6, 6.07) is 1.91. The molecule has 0 N–H and O–H groups in total. The Morgan fingerprint density at radius 2 is 1.45 bits per heavy atom. The summed E-state index contributed by atoms with van der Waals surface area (Å²) >= 11 is 1.46. The first kappa shape index (κ1) is 7.81. The molecule has 56 valence electrons. The highest BCUT2D eigenvalue weighted by atomic mass is 32.1. The molecule has 0 spiro atoms. The minimum Gasteiger partial charge on any atom is -0.262 e. The van der Waals surface area contributed by atoms with Crippen molar-refractivity contribution in [2.75, 3.05) is 0 Å². The van der Waals surface area contributed by atoms with Gasteiger partial charge in [0.2, 0.25) is 0 Å². The summed E-state index contributed by atoms with van der Waals surface area (Å²) in [5.74, 6) is 0. The molecule has 11 heavy (non-hydrogen) atoms. The fraction of sp³-hybridized carbons (Fsp3) is 0. The van der Waals surface area contributed by atoms with Crippen molar-refractivity contribution in [3.05, 3.63) is 42.4 Å². The van der Waals surface area contributed by atoms with Gasteiger partial charge in [-0.05, 0) is 17.6 Å². The summed E-state index contributed by atoms with van der Waals surface area (Å²) < 4.78 is 3.76. The molecule has 0 atom stereocenters. The molecular formula is C7H7N3S. The van der Waals surface area contributed by atoms with Crippen molar-refractivity contribution in [2.45, 2.75) is 0 Å². The maximum Gasteiger partial charge on any atom is 0.0451 e. The average molecular weight is 165 g/mol. The SMILES string of the molecule is c1cnccn1.c1cnsc1. The largest absolute Gasteiger partial charge is 0.262 e. The van der Waals surface area contributed by atoms with Gasteiger partial charge < -0.3 is 0 Å². The summed E-state index contributed by atoms with van der Waals surface area (Å²) in [6.45, 7) is 0. The lowest BCUT2D eigenvalue weighted by molar-refractivity contribution is 1.20. The molecule has 0 radical (unpaired) electrons. The van der Waals surface area contributed by atoms with E-state index in [0.717, 1.165) is 0 Å². The van der Waals surface area contributed by atoms with Crippen LogP contribution in [0.5, 0.6) is 0 Å². The second kappa shape index (κ2) is 5.49. The molecule has 0 amide bonds. The van der Waals surface area contributed by atoms with Gasteiger partial charge in [-0.3, -0.25) is 9.97 Å². The minimum atomic E-state index is 1.46. The third-order valence-corrected chi connectivity index (χ3v) is 1.35. The van der Waals surface area contributed by atoms with Gasteiger partial charge in [0.25, 0.3) is 0 Å². The molecule has 4 heteroatoms. The highest BCUT2D eigenvalue weighted by molar-refractivity contribution is 7.03. The van der Waals surface area contributed by atoms with E-state index in [-0.39, 0.29) is 0 Å². The third-order valence-electron chi connectivity index (χ3n) is 0.825. The number of aromatic nitrogens is 3. The molecule has 2 heterocycles. The Bertz CT molecular complexity index is 200. The molecular weight excluding hydrogens is 158 g/mol. The van der Waals surface area contributed by atoms with Crippen LogP contribution in [0.25, 0.3) is 0 Å². The topological polar surface area (TPSA) is 38.7 Å². The highest BCUT2D eigenvalue weighted by Crippen LogP contribution is 1.83. The van der Waals surface area contributed by atoms with Gasteiger partial charge in [-0.2, -0.15) is 0 Å². The fourth-order valence-corrected chi connectivity index (χ4v) is 0.780. The van der Waals surface area contributed by atoms with Crippen LogP contribution in [0.15, 0.2) is 42.4 Å². The van der Waals surface area contributed by atoms with Crippen molar-refractivity contribution >= 4 is 11.5 Å². The van der Waals surface area contributed by atoms with Crippen LogP contribution in [0.1, 0.15) is 0 Å². The lowest BCUT2D eigenvalue weighted by Gasteiger charge is -1.70. The zero-order valence-corrected chi connectivity index (χ0v) is 6.61. The predicted octanol–water partition coefficient (Wildman–Crippen LogP) is 1.62. The Morgan fingerprint density at radius 3 is 1.64 bits per heavy atom. The van der Waals surface area contributed by atoms with Crippen LogP contribution in [0.3, 0.4) is 0 Å². The van der Waals surface area contributed by atoms with Crippen molar-refractivity contribution in [2.24, 2.45) is 0 Å². The average Bonchev–Trinajstić information content (AvgIpc) is 2.64. The first-order valence-electron chi connectivity index (χ1n) is 3.04. The van der Waals surface area contributed by atoms with E-state index in [0.29, 0.717) is 0 Å². The van der Waals surface area contributed by atoms with E-state index in [2.05, 4.69) is 14.3 Å². The van der Waals surface area contributed by atoms with Crippen LogP contribution in [-0.4, -0.2) is 14.3 Å². The van der Waals surface area contributed by atoms with Crippen LogP contribution in [0.4, 0.5) is 0 Å². The zero-order valence-electron chi connectivity index (χ0n) is 5.79. The van der Waals surface area contributed by atoms with E-state index in [1.54, 1.807) is 31.0 Å². The second-order valence-corrected chi connectivity index (χ2v) is 2.28. The Kier molecular flexibility index (Phi) is 3.90. The number of nitrogens with zero attached hydrogens (tertiary/aromatic N) is 3. The van der Waals surface area contributed by atoms with Crippen molar-refractivity contribution in [3.63, 3.8) is 0 Å². The number of hydrogen-bond acceptors (Lipinski definition) is 4. The summed E-state index contributed by atoms with van der Waals surface area (Å²) in [7, 11) is 0. The van der Waals surface area contributed by atoms with E-state index in [4.69, 9.17) is 0 Å². The maximum absolute atomic E-state index is 3.76. The summed E-state index contributed by atoms with van der Waals surface area (Å²) in [5, 5.41) is 1.93. The normalized spacial score (nSPS) is 8.00. The number of hydrogen-bond donors (Lipinski definition) is 0. The van der Waals surface area contributed by atoms with E-state index in [1.807, 2.05) is 11.4 Å². The Hall–Kier alpha value is -1.29. The van der Waals surface area contributed by atoms with Crippen molar-refractivity contribution in [1.82, 2.24) is 14.3 Å². The quantitative estimate of drug-likeness (QED) is 0.595. The van der Waals surface area contributed by atoms with Crippen LogP contribution in [0.2, 0.25) is 0 Å². The molecule has 0 fully saturated rings. The Morgan fingerprint density at radius 1 is 0.818 bits per heavy atom. The van der Waals surface area contributed by atoms with Crippen LogP contribution >= 0.6 is 11.5 Å². The zero-order chi connectivity index (χ0) is 7.78. The van der Waals surface area contributed by atoms with Crippen LogP contribution in [0, 0.1) is 0 Å². The third kappa shape index (κ3) is 4.16. The Balaban J connectivity index is 0.000000112. The Labute approximate surface area is 68.9 Å². The standard InChI is InChI=1S/C4H4N2.C3H3NS/c1-2-6-4-3-5-1;1-2-4-5-3-1/h1-4H;1-3H. The van der Waals surface area contributed by atoms with Crippen molar-refractivity contribution < 1.29 is 0 Å². The monoisotopic (exact) mass is 165 g/mol. The molecule has 0 saturated carbocycles. The van der Waals surface area contributed by atoms with Gasteiger partial charge in [0, 0.05) is 36.4 Å². The predicted molar refractivity (Wildman–Crippen MR) is 44.1 cm³/mol. The van der Waals surface area contributed by atoms with Crippen LogP contribution < -0.4 is 0 Å². The van der Waals surface area contributed by atoms with Gasteiger partial charge in [-0.15, -0.1) is 0 Å². The van der Waals surface area contributed by atoms with E-state index in [9.17, 15) is 0 Å². The minimum absolute atomic E-state index is 1.46. The molecule has 0 bridgehead atoms. The fourth-order valence-electron chi connectivity index (χ4n) is 0.429. The van der Waals surface area contributed by atoms with E-state index < -0.39 is 0 Å². The molecule has 0 aromatic carbocycles. The summed E-state index contributed by atoms with van der Waals surface area (Å²) in [4.78, 5) is 7.44. The molecule has 2 aromatic rings. The van der Waals surface area contributed by atoms with Gasteiger partial charge in [0.1, 0.15) is 0 Å². The van der Waals surface area contributed by atoms with Gasteiger partial charge in [-0.25, -0.2) is 4.37 Å². The van der Waals surface area contributed by atoms with Crippen molar-refractivity contribution in [1.29, 1.82) is 0 Å². The first-order chi connectivity index (χ1) is 5.50. The molecule has 3 nitrogen and oxygen atoms in total. The molecule has 2 aromatic heterocycles. The molecule has 0 aliphatic heterocycles. The van der Waals surface area contributed by atoms with Gasteiger partial charge in [0.15, 0.2) is 0 Å². The van der Waals surface area contributed by atoms with Gasteiger partial charge in [-0.1, -0.05) is 0 Å². The maximum atomic E-state index is 3.76. The van der Waals surface area contributed by atoms with Gasteiger partial charge >= 0.3 is 0 Å². The van der Waals surface area contributed by atoms with Crippen molar-refractivity contribution in [3.8, 4) is 0 Å².